The van der Waals surface area contributed by atoms with Gasteiger partial charge in [0.2, 0.25) is 4.80 Å². The molecule has 34 heavy (non-hydrogen) atoms. The summed E-state index contributed by atoms with van der Waals surface area (Å²) in [6.07, 6.45) is 8.86. The summed E-state index contributed by atoms with van der Waals surface area (Å²) in [4.78, 5) is 13.7. The van der Waals surface area contributed by atoms with Gasteiger partial charge in [-0.3, -0.25) is 4.98 Å². The van der Waals surface area contributed by atoms with Gasteiger partial charge in [-0.1, -0.05) is 35.3 Å². The molecule has 0 bridgehead atoms. The van der Waals surface area contributed by atoms with E-state index in [1.165, 1.54) is 11.3 Å². The number of imidazole rings is 1. The first kappa shape index (κ1) is 22.3. The topological polar surface area (TPSA) is 60.4 Å². The summed E-state index contributed by atoms with van der Waals surface area (Å²) >= 11 is 14.1. The molecule has 3 heterocycles. The molecule has 5 aromatic rings. The first-order valence-electron chi connectivity index (χ1n) is 10.3. The van der Waals surface area contributed by atoms with Gasteiger partial charge in [-0.25, -0.2) is 14.7 Å². The predicted octanol–water partition coefficient (Wildman–Crippen LogP) is 6.61. The van der Waals surface area contributed by atoms with E-state index in [0.717, 1.165) is 33.9 Å². The molecular formula is C25H18Cl2N6S. The van der Waals surface area contributed by atoms with E-state index in [1.54, 1.807) is 31.0 Å². The van der Waals surface area contributed by atoms with Crippen LogP contribution in [-0.4, -0.2) is 24.9 Å². The highest BCUT2D eigenvalue weighted by Crippen LogP contribution is 2.31. The number of pyridine rings is 1. The van der Waals surface area contributed by atoms with Gasteiger partial charge >= 0.3 is 0 Å². The van der Waals surface area contributed by atoms with Gasteiger partial charge in [-0.2, -0.15) is 5.10 Å². The molecule has 0 N–H and O–H groups in total. The molecular weight excluding hydrogens is 487 g/mol. The Bertz CT molecular complexity index is 1520. The van der Waals surface area contributed by atoms with Crippen LogP contribution in [0.4, 0.5) is 5.69 Å². The van der Waals surface area contributed by atoms with Crippen molar-refractivity contribution in [2.75, 3.05) is 0 Å². The number of thiazole rings is 1. The first-order valence-corrected chi connectivity index (χ1v) is 12.0. The average Bonchev–Trinajstić information content (AvgIpc) is 3.51. The van der Waals surface area contributed by atoms with Gasteiger partial charge < -0.3 is 4.57 Å². The van der Waals surface area contributed by atoms with Crippen molar-refractivity contribution in [2.24, 2.45) is 10.1 Å². The van der Waals surface area contributed by atoms with Crippen LogP contribution in [0.5, 0.6) is 0 Å². The number of benzene rings is 2. The smallest absolute Gasteiger partial charge is 0.211 e. The lowest BCUT2D eigenvalue weighted by Crippen LogP contribution is -2.14. The van der Waals surface area contributed by atoms with Gasteiger partial charge in [-0.15, -0.1) is 11.3 Å². The molecule has 0 aliphatic heterocycles. The van der Waals surface area contributed by atoms with E-state index in [4.69, 9.17) is 33.3 Å². The quantitative estimate of drug-likeness (QED) is 0.253. The third-order valence-electron chi connectivity index (χ3n) is 5.10. The summed E-state index contributed by atoms with van der Waals surface area (Å²) in [5, 5.41) is 8.05. The SMILES string of the molecule is CC(=Nn1c(-c2ccc(Cl)cc2Cl)csc1=Nc1cccnc1)c1ccc(-n2ccnc2)cc1. The van der Waals surface area contributed by atoms with Crippen molar-refractivity contribution in [3.8, 4) is 16.9 Å². The Labute approximate surface area is 210 Å². The molecule has 0 aliphatic rings. The highest BCUT2D eigenvalue weighted by atomic mass is 35.5. The van der Waals surface area contributed by atoms with Crippen molar-refractivity contribution in [1.29, 1.82) is 0 Å². The maximum atomic E-state index is 6.54. The molecule has 0 saturated heterocycles. The van der Waals surface area contributed by atoms with E-state index >= 15 is 0 Å². The highest BCUT2D eigenvalue weighted by molar-refractivity contribution is 7.07. The van der Waals surface area contributed by atoms with Gasteiger partial charge in [0.05, 0.1) is 34.6 Å². The zero-order valence-corrected chi connectivity index (χ0v) is 20.3. The van der Waals surface area contributed by atoms with Crippen LogP contribution in [-0.2, 0) is 0 Å². The number of aromatic nitrogens is 4. The van der Waals surface area contributed by atoms with E-state index in [-0.39, 0.29) is 0 Å². The number of nitrogens with zero attached hydrogens (tertiary/aromatic N) is 6. The summed E-state index contributed by atoms with van der Waals surface area (Å²) in [6, 6.07) is 17.3. The van der Waals surface area contributed by atoms with E-state index in [2.05, 4.69) is 9.97 Å². The maximum absolute atomic E-state index is 6.54. The zero-order valence-electron chi connectivity index (χ0n) is 18.0. The molecule has 0 atom stereocenters. The summed E-state index contributed by atoms with van der Waals surface area (Å²) in [5.41, 5.74) is 5.23. The Morgan fingerprint density at radius 3 is 2.56 bits per heavy atom. The van der Waals surface area contributed by atoms with Crippen LogP contribution in [0.3, 0.4) is 0 Å². The Morgan fingerprint density at radius 2 is 1.85 bits per heavy atom. The van der Waals surface area contributed by atoms with Crippen molar-refractivity contribution < 1.29 is 0 Å². The van der Waals surface area contributed by atoms with Gasteiger partial charge in [0.1, 0.15) is 0 Å². The van der Waals surface area contributed by atoms with Crippen LogP contribution >= 0.6 is 34.5 Å². The fraction of sp³-hybridized carbons (Fsp3) is 0.0400. The van der Waals surface area contributed by atoms with Crippen LogP contribution in [0.1, 0.15) is 12.5 Å². The Kier molecular flexibility index (Phi) is 6.40. The molecule has 2 aromatic carbocycles. The molecule has 0 amide bonds. The first-order chi connectivity index (χ1) is 16.6. The molecule has 0 aliphatic carbocycles. The summed E-state index contributed by atoms with van der Waals surface area (Å²) in [6.45, 7) is 1.97. The molecule has 0 radical (unpaired) electrons. The van der Waals surface area contributed by atoms with Crippen molar-refractivity contribution in [2.45, 2.75) is 6.92 Å². The third kappa shape index (κ3) is 4.72. The van der Waals surface area contributed by atoms with Gasteiger partial charge in [0, 0.05) is 40.2 Å². The van der Waals surface area contributed by atoms with Gasteiger partial charge in [0.15, 0.2) is 0 Å². The molecule has 9 heteroatoms. The lowest BCUT2D eigenvalue weighted by molar-refractivity contribution is 0.847. The van der Waals surface area contributed by atoms with Crippen LogP contribution in [0.25, 0.3) is 16.9 Å². The van der Waals surface area contributed by atoms with Crippen molar-refractivity contribution in [3.63, 3.8) is 0 Å². The fourth-order valence-corrected chi connectivity index (χ4v) is 4.73. The number of rotatable bonds is 5. The second-order valence-electron chi connectivity index (χ2n) is 7.36. The lowest BCUT2D eigenvalue weighted by Gasteiger charge is -2.09. The molecule has 0 spiro atoms. The largest absolute Gasteiger partial charge is 0.306 e. The minimum Gasteiger partial charge on any atom is -0.306 e. The molecule has 168 valence electrons. The standard InChI is InChI=1S/C25H18Cl2N6S/c1-17(18-4-7-21(8-5-18)32-12-11-29-16-32)31-33-24(22-9-6-19(26)13-23(22)27)15-34-25(33)30-20-3-2-10-28-14-20/h2-16H,1H3. The number of hydrogen-bond donors (Lipinski definition) is 0. The van der Waals surface area contributed by atoms with Gasteiger partial charge in [0.25, 0.3) is 0 Å². The summed E-state index contributed by atoms with van der Waals surface area (Å²) in [7, 11) is 0. The Balaban J connectivity index is 1.61. The van der Waals surface area contributed by atoms with Gasteiger partial charge in [-0.05, 0) is 55.0 Å². The monoisotopic (exact) mass is 504 g/mol. The summed E-state index contributed by atoms with van der Waals surface area (Å²) < 4.78 is 3.77. The van der Waals surface area contributed by atoms with E-state index < -0.39 is 0 Å². The number of hydrogen-bond acceptors (Lipinski definition) is 5. The van der Waals surface area contributed by atoms with E-state index in [0.29, 0.717) is 14.8 Å². The molecule has 6 nitrogen and oxygen atoms in total. The summed E-state index contributed by atoms with van der Waals surface area (Å²) in [5.74, 6) is 0. The van der Waals surface area contributed by atoms with Crippen molar-refractivity contribution in [3.05, 3.63) is 112 Å². The number of halogens is 2. The van der Waals surface area contributed by atoms with Crippen LogP contribution < -0.4 is 4.80 Å². The predicted molar refractivity (Wildman–Crippen MR) is 138 cm³/mol. The minimum absolute atomic E-state index is 0.546. The maximum Gasteiger partial charge on any atom is 0.211 e. The molecule has 0 fully saturated rings. The highest BCUT2D eigenvalue weighted by Gasteiger charge is 2.13. The lowest BCUT2D eigenvalue weighted by atomic mass is 10.1. The van der Waals surface area contributed by atoms with E-state index in [1.807, 2.05) is 76.3 Å². The average molecular weight is 505 g/mol. The molecule has 0 saturated carbocycles. The molecule has 0 unspecified atom stereocenters. The van der Waals surface area contributed by atoms with Crippen LogP contribution in [0, 0.1) is 0 Å². The van der Waals surface area contributed by atoms with E-state index in [9.17, 15) is 0 Å². The zero-order chi connectivity index (χ0) is 23.5. The van der Waals surface area contributed by atoms with Crippen LogP contribution in [0.2, 0.25) is 10.0 Å². The second-order valence-corrected chi connectivity index (χ2v) is 9.04. The molecule has 3 aromatic heterocycles. The fourth-order valence-electron chi connectivity index (χ4n) is 3.38. The normalized spacial score (nSPS) is 12.3. The van der Waals surface area contributed by atoms with Crippen molar-refractivity contribution in [1.82, 2.24) is 19.2 Å². The Hall–Kier alpha value is -3.52. The second kappa shape index (κ2) is 9.77. The molecule has 5 rings (SSSR count). The Morgan fingerprint density at radius 1 is 1.00 bits per heavy atom. The van der Waals surface area contributed by atoms with Crippen LogP contribution in [0.15, 0.2) is 101 Å². The van der Waals surface area contributed by atoms with Crippen molar-refractivity contribution >= 4 is 45.9 Å². The third-order valence-corrected chi connectivity index (χ3v) is 6.46. The minimum atomic E-state index is 0.546.